The van der Waals surface area contributed by atoms with E-state index in [-0.39, 0.29) is 0 Å². The van der Waals surface area contributed by atoms with Crippen LogP contribution in [-0.4, -0.2) is 19.6 Å². The topological polar surface area (TPSA) is 0 Å². The molecule has 0 nitrogen and oxygen atoms in total. The second kappa shape index (κ2) is 4.30. The number of halogens is 1. The first kappa shape index (κ1) is 9.30. The van der Waals surface area contributed by atoms with Crippen LogP contribution in [-0.2, 0) is 0 Å². The van der Waals surface area contributed by atoms with Crippen LogP contribution in [0.5, 0.6) is 0 Å². The minimum atomic E-state index is -0.760. The molecule has 1 saturated heterocycles. The van der Waals surface area contributed by atoms with Crippen LogP contribution in [0.4, 0.5) is 0 Å². The van der Waals surface area contributed by atoms with Crippen LogP contribution >= 0.6 is 22.6 Å². The average Bonchev–Trinajstić information content (AvgIpc) is 2.58. The van der Waals surface area contributed by atoms with Gasteiger partial charge in [0.25, 0.3) is 0 Å². The molecule has 0 unspecified atom stereocenters. The van der Waals surface area contributed by atoms with E-state index in [1.807, 2.05) is 0 Å². The zero-order valence-electron chi connectivity index (χ0n) is 6.92. The quantitative estimate of drug-likeness (QED) is 0.514. The van der Waals surface area contributed by atoms with Gasteiger partial charge in [0.1, 0.15) is 0 Å². The summed E-state index contributed by atoms with van der Waals surface area (Å²) in [6, 6.07) is 9.25. The fourth-order valence-electron chi connectivity index (χ4n) is 1.52. The van der Waals surface area contributed by atoms with Crippen LogP contribution < -0.4 is 3.61 Å². The summed E-state index contributed by atoms with van der Waals surface area (Å²) in [7, 11) is 0. The van der Waals surface area contributed by atoms with Crippen molar-refractivity contribution in [1.29, 1.82) is 0 Å². The standard InChI is InChI=1S/C10H12ITe/c11-9-3-5-10(6-4-9)12-7-1-2-8-12/h3-6H,1-2,7-8H2/q+1. The van der Waals surface area contributed by atoms with E-state index in [2.05, 4.69) is 46.9 Å². The Morgan fingerprint density at radius 3 is 2.17 bits per heavy atom. The first-order chi connectivity index (χ1) is 5.86. The molecular weight excluding hydrogens is 375 g/mol. The number of rotatable bonds is 1. The molecule has 1 aliphatic rings. The van der Waals surface area contributed by atoms with Crippen molar-refractivity contribution in [2.24, 2.45) is 0 Å². The van der Waals surface area contributed by atoms with Crippen molar-refractivity contribution in [1.82, 2.24) is 0 Å². The van der Waals surface area contributed by atoms with Gasteiger partial charge in [-0.25, -0.2) is 0 Å². The van der Waals surface area contributed by atoms with Crippen molar-refractivity contribution in [3.8, 4) is 0 Å². The zero-order valence-corrected chi connectivity index (χ0v) is 11.4. The fraction of sp³-hybridized carbons (Fsp3) is 0.400. The van der Waals surface area contributed by atoms with Crippen LogP contribution in [0, 0.1) is 3.57 Å². The SMILES string of the molecule is Ic1ccc([Te+]2CCCC2)cc1. The van der Waals surface area contributed by atoms with Gasteiger partial charge in [0.15, 0.2) is 0 Å². The van der Waals surface area contributed by atoms with E-state index in [0.29, 0.717) is 0 Å². The summed E-state index contributed by atoms with van der Waals surface area (Å²) in [5, 5.41) is 0. The van der Waals surface area contributed by atoms with E-state index in [9.17, 15) is 0 Å². The number of hydrogen-bond acceptors (Lipinski definition) is 0. The Bertz CT molecular complexity index is 249. The molecule has 0 amide bonds. The predicted octanol–water partition coefficient (Wildman–Crippen LogP) is 2.79. The van der Waals surface area contributed by atoms with Crippen molar-refractivity contribution >= 4 is 45.8 Å². The van der Waals surface area contributed by atoms with Gasteiger partial charge in [-0.2, -0.15) is 0 Å². The Balaban J connectivity index is 2.17. The van der Waals surface area contributed by atoms with E-state index >= 15 is 0 Å². The zero-order chi connectivity index (χ0) is 8.39. The molecule has 12 heavy (non-hydrogen) atoms. The summed E-state index contributed by atoms with van der Waals surface area (Å²) in [4.78, 5) is 0. The second-order valence-corrected chi connectivity index (χ2v) is 10.8. The molecule has 1 heterocycles. The summed E-state index contributed by atoms with van der Waals surface area (Å²) in [5.41, 5.74) is 0. The van der Waals surface area contributed by atoms with E-state index in [0.717, 1.165) is 0 Å². The molecule has 1 aliphatic heterocycles. The van der Waals surface area contributed by atoms with Gasteiger partial charge in [-0.3, -0.25) is 0 Å². The maximum atomic E-state index is 2.38. The first-order valence-electron chi connectivity index (χ1n) is 4.29. The molecular formula is C10H12ITe+. The minimum absolute atomic E-state index is 0.760. The average molecular weight is 387 g/mol. The molecule has 0 radical (unpaired) electrons. The van der Waals surface area contributed by atoms with E-state index in [1.165, 1.54) is 16.4 Å². The van der Waals surface area contributed by atoms with Gasteiger partial charge in [-0.1, -0.05) is 0 Å². The van der Waals surface area contributed by atoms with Gasteiger partial charge in [0, 0.05) is 0 Å². The van der Waals surface area contributed by atoms with Gasteiger partial charge in [0.2, 0.25) is 0 Å². The molecule has 64 valence electrons. The van der Waals surface area contributed by atoms with Gasteiger partial charge in [-0.15, -0.1) is 0 Å². The molecule has 0 N–H and O–H groups in total. The molecule has 0 saturated carbocycles. The predicted molar refractivity (Wildman–Crippen MR) is 63.4 cm³/mol. The molecule has 1 fully saturated rings. The molecule has 2 heteroatoms. The molecule has 0 spiro atoms. The van der Waals surface area contributed by atoms with Gasteiger partial charge < -0.3 is 0 Å². The Morgan fingerprint density at radius 2 is 1.58 bits per heavy atom. The normalized spacial score (nSPS) is 18.4. The van der Waals surface area contributed by atoms with Crippen LogP contribution in [0.3, 0.4) is 0 Å². The summed E-state index contributed by atoms with van der Waals surface area (Å²) in [5.74, 6) is 0. The molecule has 1 aromatic carbocycles. The third-order valence-electron chi connectivity index (χ3n) is 2.18. The molecule has 0 aromatic heterocycles. The molecule has 0 atom stereocenters. The van der Waals surface area contributed by atoms with Gasteiger partial charge in [0.05, 0.1) is 0 Å². The van der Waals surface area contributed by atoms with E-state index < -0.39 is 19.6 Å². The fourth-order valence-corrected chi connectivity index (χ4v) is 8.45. The first-order valence-corrected chi connectivity index (χ1v) is 9.83. The Hall–Kier alpha value is 0.740. The molecule has 0 bridgehead atoms. The Labute approximate surface area is 94.5 Å². The van der Waals surface area contributed by atoms with Gasteiger partial charge >= 0.3 is 95.4 Å². The van der Waals surface area contributed by atoms with E-state index in [4.69, 9.17) is 0 Å². The van der Waals surface area contributed by atoms with Crippen molar-refractivity contribution in [3.05, 3.63) is 27.8 Å². The van der Waals surface area contributed by atoms with Crippen molar-refractivity contribution in [3.63, 3.8) is 0 Å². The van der Waals surface area contributed by atoms with Crippen molar-refractivity contribution in [2.75, 3.05) is 0 Å². The number of benzene rings is 1. The van der Waals surface area contributed by atoms with Crippen LogP contribution in [0.25, 0.3) is 0 Å². The van der Waals surface area contributed by atoms with Crippen LogP contribution in [0.15, 0.2) is 24.3 Å². The van der Waals surface area contributed by atoms with Crippen LogP contribution in [0.1, 0.15) is 12.8 Å². The van der Waals surface area contributed by atoms with E-state index in [1.54, 1.807) is 12.5 Å². The summed E-state index contributed by atoms with van der Waals surface area (Å²) in [6.45, 7) is 0. The third kappa shape index (κ3) is 2.16. The monoisotopic (exact) mass is 389 g/mol. The number of hydrogen-bond donors (Lipinski definition) is 0. The molecule has 2 rings (SSSR count). The summed E-state index contributed by atoms with van der Waals surface area (Å²) >= 11 is 1.62. The third-order valence-corrected chi connectivity index (χ3v) is 10.0. The van der Waals surface area contributed by atoms with Gasteiger partial charge in [-0.05, 0) is 0 Å². The molecule has 0 aliphatic carbocycles. The summed E-state index contributed by atoms with van der Waals surface area (Å²) < 4.78 is 6.23. The van der Waals surface area contributed by atoms with Crippen LogP contribution in [0.2, 0.25) is 8.94 Å². The maximum absolute atomic E-state index is 2.38. The van der Waals surface area contributed by atoms with Crippen molar-refractivity contribution in [2.45, 2.75) is 21.8 Å². The van der Waals surface area contributed by atoms with Crippen molar-refractivity contribution < 1.29 is 0 Å². The second-order valence-electron chi connectivity index (χ2n) is 3.06. The Kier molecular flexibility index (Phi) is 3.33. The summed E-state index contributed by atoms with van der Waals surface area (Å²) in [6.07, 6.45) is 3.01. The Morgan fingerprint density at radius 1 is 1.00 bits per heavy atom. The molecule has 1 aromatic rings.